The molecule has 0 amide bonds. The van der Waals surface area contributed by atoms with Crippen LogP contribution in [0.15, 0.2) is 18.2 Å². The average molecular weight is 206 g/mol. The highest BCUT2D eigenvalue weighted by Crippen LogP contribution is 2.21. The summed E-state index contributed by atoms with van der Waals surface area (Å²) in [6.45, 7) is 9.41. The number of hydrogen-bond donors (Lipinski definition) is 1. The van der Waals surface area contributed by atoms with Crippen LogP contribution in [0.4, 0.5) is 5.69 Å². The number of hydrogen-bond acceptors (Lipinski definition) is 2. The summed E-state index contributed by atoms with van der Waals surface area (Å²) in [5.74, 6) is 0. The Kier molecular flexibility index (Phi) is 4.63. The highest BCUT2D eigenvalue weighted by molar-refractivity contribution is 5.54. The molecule has 2 nitrogen and oxygen atoms in total. The van der Waals surface area contributed by atoms with E-state index < -0.39 is 0 Å². The van der Waals surface area contributed by atoms with Crippen molar-refractivity contribution in [3.63, 3.8) is 0 Å². The Labute approximate surface area is 93.1 Å². The van der Waals surface area contributed by atoms with Crippen LogP contribution in [0.5, 0.6) is 0 Å². The molecule has 0 bridgehead atoms. The SMILES string of the molecule is CCN(CC)c1ccc(CCN)cc1C. The van der Waals surface area contributed by atoms with Crippen LogP contribution in [0, 0.1) is 6.92 Å². The predicted octanol–water partition coefficient (Wildman–Crippen LogP) is 2.34. The topological polar surface area (TPSA) is 29.3 Å². The van der Waals surface area contributed by atoms with Gasteiger partial charge in [-0.1, -0.05) is 12.1 Å². The predicted molar refractivity (Wildman–Crippen MR) is 67.5 cm³/mol. The Morgan fingerprint density at radius 3 is 2.33 bits per heavy atom. The van der Waals surface area contributed by atoms with E-state index in [2.05, 4.69) is 43.9 Å². The maximum Gasteiger partial charge on any atom is 0.0395 e. The van der Waals surface area contributed by atoms with Gasteiger partial charge in [0.1, 0.15) is 0 Å². The largest absolute Gasteiger partial charge is 0.372 e. The van der Waals surface area contributed by atoms with Crippen molar-refractivity contribution >= 4 is 5.69 Å². The van der Waals surface area contributed by atoms with Gasteiger partial charge >= 0.3 is 0 Å². The van der Waals surface area contributed by atoms with Crippen LogP contribution < -0.4 is 10.6 Å². The zero-order valence-electron chi connectivity index (χ0n) is 10.1. The fraction of sp³-hybridized carbons (Fsp3) is 0.538. The van der Waals surface area contributed by atoms with Gasteiger partial charge in [0.25, 0.3) is 0 Å². The number of rotatable bonds is 5. The standard InChI is InChI=1S/C13H22N2/c1-4-15(5-2)13-7-6-12(8-9-14)10-11(13)3/h6-7,10H,4-5,8-9,14H2,1-3H3. The lowest BCUT2D eigenvalue weighted by Crippen LogP contribution is -2.22. The van der Waals surface area contributed by atoms with Crippen molar-refractivity contribution in [2.75, 3.05) is 24.5 Å². The highest BCUT2D eigenvalue weighted by atomic mass is 15.1. The average Bonchev–Trinajstić information content (AvgIpc) is 2.23. The van der Waals surface area contributed by atoms with E-state index in [1.807, 2.05) is 0 Å². The zero-order chi connectivity index (χ0) is 11.3. The summed E-state index contributed by atoms with van der Waals surface area (Å²) in [4.78, 5) is 2.38. The van der Waals surface area contributed by atoms with Crippen LogP contribution in [0.3, 0.4) is 0 Å². The minimum absolute atomic E-state index is 0.726. The van der Waals surface area contributed by atoms with Crippen molar-refractivity contribution in [3.8, 4) is 0 Å². The van der Waals surface area contributed by atoms with E-state index in [1.165, 1.54) is 16.8 Å². The van der Waals surface area contributed by atoms with Crippen LogP contribution in [-0.4, -0.2) is 19.6 Å². The van der Waals surface area contributed by atoms with Gasteiger partial charge in [0.2, 0.25) is 0 Å². The molecule has 0 aromatic heterocycles. The Morgan fingerprint density at radius 2 is 1.87 bits per heavy atom. The number of nitrogens with two attached hydrogens (primary N) is 1. The molecule has 0 saturated heterocycles. The summed E-state index contributed by atoms with van der Waals surface area (Å²) in [6.07, 6.45) is 0.972. The summed E-state index contributed by atoms with van der Waals surface area (Å²) in [6, 6.07) is 6.65. The molecule has 84 valence electrons. The summed E-state index contributed by atoms with van der Waals surface area (Å²) in [5, 5.41) is 0. The normalized spacial score (nSPS) is 10.4. The Balaban J connectivity index is 2.91. The van der Waals surface area contributed by atoms with E-state index in [-0.39, 0.29) is 0 Å². The first-order valence-corrected chi connectivity index (χ1v) is 5.77. The molecule has 2 heteroatoms. The molecule has 0 aliphatic rings. The third-order valence-corrected chi connectivity index (χ3v) is 2.80. The van der Waals surface area contributed by atoms with Crippen LogP contribution in [-0.2, 0) is 6.42 Å². The molecule has 0 saturated carbocycles. The second kappa shape index (κ2) is 5.76. The molecule has 0 aliphatic carbocycles. The third kappa shape index (κ3) is 2.96. The summed E-state index contributed by atoms with van der Waals surface area (Å²) < 4.78 is 0. The maximum absolute atomic E-state index is 5.55. The number of anilines is 1. The molecule has 0 unspecified atom stereocenters. The van der Waals surface area contributed by atoms with Gasteiger partial charge in [-0.05, 0) is 50.9 Å². The van der Waals surface area contributed by atoms with E-state index in [0.717, 1.165) is 26.1 Å². The van der Waals surface area contributed by atoms with Crippen molar-refractivity contribution < 1.29 is 0 Å². The van der Waals surface area contributed by atoms with Crippen molar-refractivity contribution in [1.29, 1.82) is 0 Å². The van der Waals surface area contributed by atoms with Gasteiger partial charge in [0.05, 0.1) is 0 Å². The van der Waals surface area contributed by atoms with Crippen LogP contribution in [0.1, 0.15) is 25.0 Å². The quantitative estimate of drug-likeness (QED) is 0.801. The molecular formula is C13H22N2. The monoisotopic (exact) mass is 206 g/mol. The smallest absolute Gasteiger partial charge is 0.0395 e. The van der Waals surface area contributed by atoms with E-state index in [0.29, 0.717) is 0 Å². The Morgan fingerprint density at radius 1 is 1.20 bits per heavy atom. The highest BCUT2D eigenvalue weighted by Gasteiger charge is 2.05. The molecule has 2 N–H and O–H groups in total. The first kappa shape index (κ1) is 12.1. The second-order valence-corrected chi connectivity index (χ2v) is 3.83. The maximum atomic E-state index is 5.55. The zero-order valence-corrected chi connectivity index (χ0v) is 10.1. The number of aryl methyl sites for hydroxylation is 1. The molecule has 0 heterocycles. The Bertz CT molecular complexity index is 303. The summed E-state index contributed by atoms with van der Waals surface area (Å²) >= 11 is 0. The third-order valence-electron chi connectivity index (χ3n) is 2.80. The molecule has 0 atom stereocenters. The van der Waals surface area contributed by atoms with E-state index in [1.54, 1.807) is 0 Å². The van der Waals surface area contributed by atoms with Crippen molar-refractivity contribution in [1.82, 2.24) is 0 Å². The molecule has 0 aliphatic heterocycles. The van der Waals surface area contributed by atoms with E-state index in [9.17, 15) is 0 Å². The molecular weight excluding hydrogens is 184 g/mol. The lowest BCUT2D eigenvalue weighted by Gasteiger charge is -2.23. The molecule has 1 aromatic rings. The minimum atomic E-state index is 0.726. The molecule has 1 aromatic carbocycles. The minimum Gasteiger partial charge on any atom is -0.372 e. The molecule has 1 rings (SSSR count). The first-order valence-electron chi connectivity index (χ1n) is 5.77. The van der Waals surface area contributed by atoms with Gasteiger partial charge in [0, 0.05) is 18.8 Å². The fourth-order valence-electron chi connectivity index (χ4n) is 1.96. The van der Waals surface area contributed by atoms with Gasteiger partial charge in [-0.2, -0.15) is 0 Å². The molecule has 0 radical (unpaired) electrons. The lowest BCUT2D eigenvalue weighted by molar-refractivity contribution is 0.860. The molecule has 0 spiro atoms. The van der Waals surface area contributed by atoms with Crippen LogP contribution in [0.25, 0.3) is 0 Å². The van der Waals surface area contributed by atoms with Crippen LogP contribution >= 0.6 is 0 Å². The van der Waals surface area contributed by atoms with Crippen molar-refractivity contribution in [3.05, 3.63) is 29.3 Å². The van der Waals surface area contributed by atoms with Crippen molar-refractivity contribution in [2.45, 2.75) is 27.2 Å². The van der Waals surface area contributed by atoms with E-state index >= 15 is 0 Å². The second-order valence-electron chi connectivity index (χ2n) is 3.83. The van der Waals surface area contributed by atoms with Gasteiger partial charge in [-0.15, -0.1) is 0 Å². The van der Waals surface area contributed by atoms with Gasteiger partial charge in [0.15, 0.2) is 0 Å². The fourth-order valence-corrected chi connectivity index (χ4v) is 1.96. The summed E-state index contributed by atoms with van der Waals surface area (Å²) in [5.41, 5.74) is 9.59. The van der Waals surface area contributed by atoms with Gasteiger partial charge in [-0.3, -0.25) is 0 Å². The lowest BCUT2D eigenvalue weighted by atomic mass is 10.1. The van der Waals surface area contributed by atoms with Gasteiger partial charge in [-0.25, -0.2) is 0 Å². The number of nitrogens with zero attached hydrogens (tertiary/aromatic N) is 1. The van der Waals surface area contributed by atoms with Crippen molar-refractivity contribution in [2.24, 2.45) is 5.73 Å². The molecule has 15 heavy (non-hydrogen) atoms. The Hall–Kier alpha value is -1.02. The summed E-state index contributed by atoms with van der Waals surface area (Å²) in [7, 11) is 0. The number of benzene rings is 1. The van der Waals surface area contributed by atoms with Crippen LogP contribution in [0.2, 0.25) is 0 Å². The van der Waals surface area contributed by atoms with Gasteiger partial charge < -0.3 is 10.6 Å². The van der Waals surface area contributed by atoms with E-state index in [4.69, 9.17) is 5.73 Å². The first-order chi connectivity index (χ1) is 7.22. The molecule has 0 fully saturated rings.